The van der Waals surface area contributed by atoms with E-state index < -0.39 is 11.5 Å². The molecule has 2 heterocycles. The van der Waals surface area contributed by atoms with Gasteiger partial charge >= 0.3 is 0 Å². The summed E-state index contributed by atoms with van der Waals surface area (Å²) in [6, 6.07) is 8.75. The summed E-state index contributed by atoms with van der Waals surface area (Å²) in [7, 11) is 0. The number of fused-ring (bicyclic) bond motifs is 1. The molecule has 0 fully saturated rings. The van der Waals surface area contributed by atoms with E-state index in [4.69, 9.17) is 11.6 Å². The molecule has 0 saturated carbocycles. The van der Waals surface area contributed by atoms with Gasteiger partial charge in [0.1, 0.15) is 5.56 Å². The fourth-order valence-electron chi connectivity index (χ4n) is 2.11. The van der Waals surface area contributed by atoms with Crippen molar-refractivity contribution in [1.29, 1.82) is 0 Å². The van der Waals surface area contributed by atoms with Crippen molar-refractivity contribution >= 4 is 39.1 Å². The number of hydrogen-bond donors (Lipinski definition) is 3. The van der Waals surface area contributed by atoms with Crippen molar-refractivity contribution in [2.24, 2.45) is 0 Å². The van der Waals surface area contributed by atoms with Gasteiger partial charge in [0, 0.05) is 11.6 Å². The molecule has 2 aromatic heterocycles. The maximum Gasteiger partial charge on any atom is 0.265 e. The minimum absolute atomic E-state index is 0.167. The summed E-state index contributed by atoms with van der Waals surface area (Å²) < 4.78 is 0.475. The maximum atomic E-state index is 12.2. The van der Waals surface area contributed by atoms with E-state index in [1.54, 1.807) is 35.7 Å². The Balaban J connectivity index is 1.89. The van der Waals surface area contributed by atoms with Gasteiger partial charge in [0.05, 0.1) is 10.2 Å². The molecule has 3 rings (SSSR count). The van der Waals surface area contributed by atoms with E-state index in [2.05, 4.69) is 10.3 Å². The van der Waals surface area contributed by atoms with E-state index in [-0.39, 0.29) is 17.9 Å². The second-order valence-electron chi connectivity index (χ2n) is 4.62. The molecule has 0 aliphatic rings. The van der Waals surface area contributed by atoms with Gasteiger partial charge in [-0.05, 0) is 23.1 Å². The first-order valence-electron chi connectivity index (χ1n) is 6.42. The molecule has 5 nitrogen and oxygen atoms in total. The van der Waals surface area contributed by atoms with Crippen LogP contribution in [0.2, 0.25) is 5.02 Å². The summed E-state index contributed by atoms with van der Waals surface area (Å²) >= 11 is 7.26. The number of nitrogens with one attached hydrogen (secondary N) is 2. The lowest BCUT2D eigenvalue weighted by atomic mass is 10.2. The Morgan fingerprint density at radius 2 is 2.09 bits per heavy atom. The molecule has 0 saturated heterocycles. The van der Waals surface area contributed by atoms with E-state index in [1.807, 2.05) is 0 Å². The zero-order valence-corrected chi connectivity index (χ0v) is 12.8. The van der Waals surface area contributed by atoms with E-state index >= 15 is 0 Å². The Kier molecular flexibility index (Phi) is 3.87. The quantitative estimate of drug-likeness (QED) is 0.688. The van der Waals surface area contributed by atoms with Gasteiger partial charge in [0.2, 0.25) is 0 Å². The van der Waals surface area contributed by atoms with Gasteiger partial charge in [-0.25, -0.2) is 0 Å². The molecule has 0 spiro atoms. The average Bonchev–Trinajstić information content (AvgIpc) is 2.95. The van der Waals surface area contributed by atoms with Crippen LogP contribution >= 0.6 is 22.9 Å². The predicted octanol–water partition coefficient (Wildman–Crippen LogP) is 2.88. The fourth-order valence-corrected chi connectivity index (χ4v) is 3.12. The maximum absolute atomic E-state index is 12.2. The number of aromatic hydroxyl groups is 1. The summed E-state index contributed by atoms with van der Waals surface area (Å²) in [6.07, 6.45) is 0. The molecule has 112 valence electrons. The zero-order valence-electron chi connectivity index (χ0n) is 11.2. The van der Waals surface area contributed by atoms with Crippen molar-refractivity contribution in [1.82, 2.24) is 10.3 Å². The fraction of sp³-hybridized carbons (Fsp3) is 0.0667. The SMILES string of the molecule is O=C(NCc1ccccc1Cl)c1c(O)c2sccc2[nH]c1=O. The first-order chi connectivity index (χ1) is 10.6. The Bertz CT molecular complexity index is 917. The molecule has 0 bridgehead atoms. The third-order valence-electron chi connectivity index (χ3n) is 3.22. The van der Waals surface area contributed by atoms with Crippen LogP contribution in [0.4, 0.5) is 0 Å². The summed E-state index contributed by atoms with van der Waals surface area (Å²) in [4.78, 5) is 26.8. The number of pyridine rings is 1. The number of carbonyl (C=O) groups is 1. The lowest BCUT2D eigenvalue weighted by Gasteiger charge is -2.08. The highest BCUT2D eigenvalue weighted by molar-refractivity contribution is 7.17. The summed E-state index contributed by atoms with van der Waals surface area (Å²) in [5.41, 5.74) is 0.322. The van der Waals surface area contributed by atoms with Crippen molar-refractivity contribution in [3.63, 3.8) is 0 Å². The van der Waals surface area contributed by atoms with Crippen LogP contribution in [-0.4, -0.2) is 16.0 Å². The molecule has 0 radical (unpaired) electrons. The van der Waals surface area contributed by atoms with Gasteiger partial charge < -0.3 is 15.4 Å². The Hall–Kier alpha value is -2.31. The van der Waals surface area contributed by atoms with Gasteiger partial charge in [-0.2, -0.15) is 0 Å². The number of hydrogen-bond acceptors (Lipinski definition) is 4. The number of halogens is 1. The molecule has 0 aliphatic heterocycles. The molecule has 1 amide bonds. The first kappa shape index (κ1) is 14.6. The van der Waals surface area contributed by atoms with Crippen molar-refractivity contribution < 1.29 is 9.90 Å². The second kappa shape index (κ2) is 5.82. The van der Waals surface area contributed by atoms with E-state index in [0.717, 1.165) is 5.56 Å². The number of benzene rings is 1. The van der Waals surface area contributed by atoms with Crippen LogP contribution in [0.1, 0.15) is 15.9 Å². The largest absolute Gasteiger partial charge is 0.505 e. The topological polar surface area (TPSA) is 82.2 Å². The van der Waals surface area contributed by atoms with Crippen LogP contribution < -0.4 is 10.9 Å². The standard InChI is InChI=1S/C15H11ClN2O3S/c16-9-4-2-1-3-8(9)7-17-14(20)11-12(19)13-10(5-6-22-13)18-15(11)21/h1-6H,7H2,(H,17,20)(H2,18,19,21). The molecule has 3 N–H and O–H groups in total. The van der Waals surface area contributed by atoms with Crippen molar-refractivity contribution in [2.75, 3.05) is 0 Å². The van der Waals surface area contributed by atoms with E-state index in [1.165, 1.54) is 11.3 Å². The molecular formula is C15H11ClN2O3S. The van der Waals surface area contributed by atoms with Crippen LogP contribution in [0.15, 0.2) is 40.5 Å². The smallest absolute Gasteiger partial charge is 0.265 e. The van der Waals surface area contributed by atoms with Crippen LogP contribution in [0.3, 0.4) is 0 Å². The number of H-pyrrole nitrogens is 1. The minimum Gasteiger partial charge on any atom is -0.505 e. The van der Waals surface area contributed by atoms with Crippen molar-refractivity contribution in [3.05, 3.63) is 62.2 Å². The highest BCUT2D eigenvalue weighted by Gasteiger charge is 2.19. The summed E-state index contributed by atoms with van der Waals surface area (Å²) in [6.45, 7) is 0.167. The molecule has 7 heteroatoms. The number of rotatable bonds is 3. The molecule has 3 aromatic rings. The Labute approximate surface area is 134 Å². The number of thiophene rings is 1. The Morgan fingerprint density at radius 3 is 2.86 bits per heavy atom. The van der Waals surface area contributed by atoms with Gasteiger partial charge in [0.15, 0.2) is 5.75 Å². The molecule has 22 heavy (non-hydrogen) atoms. The van der Waals surface area contributed by atoms with Gasteiger partial charge in [0.25, 0.3) is 11.5 Å². The van der Waals surface area contributed by atoms with Gasteiger partial charge in [-0.3, -0.25) is 9.59 Å². The van der Waals surface area contributed by atoms with Crippen LogP contribution in [0.5, 0.6) is 5.75 Å². The summed E-state index contributed by atoms with van der Waals surface area (Å²) in [5, 5.41) is 15.0. The summed E-state index contributed by atoms with van der Waals surface area (Å²) in [5.74, 6) is -0.945. The highest BCUT2D eigenvalue weighted by atomic mass is 35.5. The number of amides is 1. The predicted molar refractivity (Wildman–Crippen MR) is 86.7 cm³/mol. The highest BCUT2D eigenvalue weighted by Crippen LogP contribution is 2.29. The number of aromatic amines is 1. The van der Waals surface area contributed by atoms with Crippen molar-refractivity contribution in [2.45, 2.75) is 6.54 Å². The third kappa shape index (κ3) is 2.58. The molecule has 0 aliphatic carbocycles. The average molecular weight is 335 g/mol. The van der Waals surface area contributed by atoms with Crippen LogP contribution in [0, 0.1) is 0 Å². The monoisotopic (exact) mass is 334 g/mol. The number of carbonyl (C=O) groups excluding carboxylic acids is 1. The molecule has 1 aromatic carbocycles. The van der Waals surface area contributed by atoms with Crippen molar-refractivity contribution in [3.8, 4) is 5.75 Å². The normalized spacial score (nSPS) is 10.8. The van der Waals surface area contributed by atoms with E-state index in [0.29, 0.717) is 15.2 Å². The molecule has 0 unspecified atom stereocenters. The molecular weight excluding hydrogens is 324 g/mol. The van der Waals surface area contributed by atoms with Gasteiger partial charge in [-0.15, -0.1) is 11.3 Å². The van der Waals surface area contributed by atoms with Crippen LogP contribution in [-0.2, 0) is 6.54 Å². The minimum atomic E-state index is -0.644. The lowest BCUT2D eigenvalue weighted by Crippen LogP contribution is -2.29. The van der Waals surface area contributed by atoms with Crippen LogP contribution in [0.25, 0.3) is 10.2 Å². The van der Waals surface area contributed by atoms with E-state index in [9.17, 15) is 14.7 Å². The lowest BCUT2D eigenvalue weighted by molar-refractivity contribution is 0.0947. The first-order valence-corrected chi connectivity index (χ1v) is 7.67. The molecule has 0 atom stereocenters. The Morgan fingerprint density at radius 1 is 1.32 bits per heavy atom. The number of aromatic nitrogens is 1. The zero-order chi connectivity index (χ0) is 15.7. The third-order valence-corrected chi connectivity index (χ3v) is 4.51. The van der Waals surface area contributed by atoms with Gasteiger partial charge in [-0.1, -0.05) is 29.8 Å². The second-order valence-corrected chi connectivity index (χ2v) is 5.94.